The normalized spacial score (nSPS) is 29.8. The molecular formula is C13H13F6IO5. The molecule has 0 aromatic rings. The lowest BCUT2D eigenvalue weighted by atomic mass is 9.92. The minimum Gasteiger partial charge on any atom is -0.439 e. The van der Waals surface area contributed by atoms with Crippen molar-refractivity contribution in [1.82, 2.24) is 0 Å². The summed E-state index contributed by atoms with van der Waals surface area (Å²) in [6.45, 7) is 2.92. The van der Waals surface area contributed by atoms with Crippen LogP contribution in [0.1, 0.15) is 20.3 Å². The molecule has 0 aromatic carbocycles. The predicted octanol–water partition coefficient (Wildman–Crippen LogP) is 3.00. The van der Waals surface area contributed by atoms with E-state index in [4.69, 9.17) is 9.47 Å². The minimum atomic E-state index is -5.83. The van der Waals surface area contributed by atoms with Gasteiger partial charge in [-0.1, -0.05) is 0 Å². The number of halogens is 7. The second-order valence-electron chi connectivity index (χ2n) is 5.98. The molecule has 1 fully saturated rings. The molecular weight excluding hydrogens is 477 g/mol. The van der Waals surface area contributed by atoms with E-state index >= 15 is 0 Å². The van der Waals surface area contributed by atoms with Crippen LogP contribution in [0, 0.1) is 0 Å². The Morgan fingerprint density at radius 3 is 2.24 bits per heavy atom. The summed E-state index contributed by atoms with van der Waals surface area (Å²) in [5.74, 6) is -3.09. The van der Waals surface area contributed by atoms with Crippen LogP contribution >= 0.6 is 22.6 Å². The lowest BCUT2D eigenvalue weighted by Gasteiger charge is -2.30. The Kier molecular flexibility index (Phi) is 5.41. The molecule has 144 valence electrons. The average molecular weight is 490 g/mol. The number of hydrogen-bond acceptors (Lipinski definition) is 5. The first kappa shape index (κ1) is 20.7. The number of esters is 1. The largest absolute Gasteiger partial charge is 0.439 e. The molecule has 3 atom stereocenters. The molecule has 1 aliphatic carbocycles. The molecule has 0 radical (unpaired) electrons. The second kappa shape index (κ2) is 6.53. The monoisotopic (exact) mass is 490 g/mol. The lowest BCUT2D eigenvalue weighted by molar-refractivity contribution is -0.312. The van der Waals surface area contributed by atoms with E-state index in [0.29, 0.717) is 0 Å². The van der Waals surface area contributed by atoms with E-state index in [1.807, 2.05) is 0 Å². The zero-order valence-corrected chi connectivity index (χ0v) is 14.9. The Hall–Kier alpha value is -0.600. The standard InChI is InChI=1S/C13H13F6IO5/c1-11(2)24-5-3-4(21)7(20)6(8(5)25-11)9(22)23-10(12(14,15)16)13(17,18)19/h4-5,8,10,21H,3H2,1-2H3/t4-,5-,8-/m0/s1. The smallest absolute Gasteiger partial charge is 0.434 e. The quantitative estimate of drug-likeness (QED) is 0.367. The Bertz CT molecular complexity index is 570. The molecule has 5 nitrogen and oxygen atoms in total. The van der Waals surface area contributed by atoms with Gasteiger partial charge in [0.05, 0.1) is 17.8 Å². The Morgan fingerprint density at radius 1 is 1.24 bits per heavy atom. The van der Waals surface area contributed by atoms with Gasteiger partial charge in [0.25, 0.3) is 6.10 Å². The third kappa shape index (κ3) is 4.39. The zero-order chi connectivity index (χ0) is 19.4. The van der Waals surface area contributed by atoms with E-state index in [9.17, 15) is 36.2 Å². The molecule has 1 aliphatic heterocycles. The van der Waals surface area contributed by atoms with E-state index in [-0.39, 0.29) is 10.0 Å². The van der Waals surface area contributed by atoms with E-state index in [0.717, 1.165) is 0 Å². The number of aliphatic hydroxyl groups is 1. The second-order valence-corrected chi connectivity index (χ2v) is 7.14. The summed E-state index contributed by atoms with van der Waals surface area (Å²) in [6, 6.07) is 0. The molecule has 12 heteroatoms. The predicted molar refractivity (Wildman–Crippen MR) is 77.5 cm³/mol. The van der Waals surface area contributed by atoms with Gasteiger partial charge in [0, 0.05) is 10.0 Å². The maximum absolute atomic E-state index is 12.6. The van der Waals surface area contributed by atoms with Gasteiger partial charge < -0.3 is 19.3 Å². The maximum atomic E-state index is 12.6. The van der Waals surface area contributed by atoms with Crippen LogP contribution in [0.5, 0.6) is 0 Å². The van der Waals surface area contributed by atoms with Crippen LogP contribution in [-0.4, -0.2) is 53.6 Å². The molecule has 0 bridgehead atoms. The van der Waals surface area contributed by atoms with Crippen LogP contribution < -0.4 is 0 Å². The number of fused-ring (bicyclic) bond motifs is 1. The maximum Gasteiger partial charge on any atom is 0.434 e. The number of hydrogen-bond donors (Lipinski definition) is 1. The molecule has 25 heavy (non-hydrogen) atoms. The van der Waals surface area contributed by atoms with Crippen LogP contribution in [-0.2, 0) is 19.0 Å². The van der Waals surface area contributed by atoms with Gasteiger partial charge in [-0.3, -0.25) is 0 Å². The van der Waals surface area contributed by atoms with Gasteiger partial charge in [-0.15, -0.1) is 0 Å². The third-order valence-corrected chi connectivity index (χ3v) is 4.81. The first-order chi connectivity index (χ1) is 11.1. The highest BCUT2D eigenvalue weighted by molar-refractivity contribution is 14.1. The van der Waals surface area contributed by atoms with Gasteiger partial charge in [-0.25, -0.2) is 4.79 Å². The van der Waals surface area contributed by atoms with E-state index in [1.165, 1.54) is 36.4 Å². The Labute approximate surface area is 151 Å². The zero-order valence-electron chi connectivity index (χ0n) is 12.7. The summed E-state index contributed by atoms with van der Waals surface area (Å²) in [6.07, 6.45) is -19.4. The fraction of sp³-hybridized carbons (Fsp3) is 0.769. The van der Waals surface area contributed by atoms with Crippen molar-refractivity contribution in [3.63, 3.8) is 0 Å². The SMILES string of the molecule is CC1(C)O[C@H]2C[C@H](O)C(I)=C(C(=O)OC(C(F)(F)F)C(F)(F)F)[C@H]2O1. The average Bonchev–Trinajstić information content (AvgIpc) is 2.68. The van der Waals surface area contributed by atoms with Crippen LogP contribution in [0.4, 0.5) is 26.3 Å². The van der Waals surface area contributed by atoms with Gasteiger partial charge >= 0.3 is 18.3 Å². The van der Waals surface area contributed by atoms with E-state index < -0.39 is 54.1 Å². The van der Waals surface area contributed by atoms with Crippen molar-refractivity contribution in [2.24, 2.45) is 0 Å². The van der Waals surface area contributed by atoms with Gasteiger partial charge in [0.1, 0.15) is 6.10 Å². The van der Waals surface area contributed by atoms with E-state index in [2.05, 4.69) is 4.74 Å². The summed E-state index contributed by atoms with van der Waals surface area (Å²) < 4.78 is 89.9. The van der Waals surface area contributed by atoms with Crippen molar-refractivity contribution in [2.75, 3.05) is 0 Å². The van der Waals surface area contributed by atoms with E-state index in [1.54, 1.807) is 0 Å². The highest BCUT2D eigenvalue weighted by Gasteiger charge is 2.61. The van der Waals surface area contributed by atoms with Crippen molar-refractivity contribution in [3.05, 3.63) is 9.15 Å². The van der Waals surface area contributed by atoms with Crippen molar-refractivity contribution >= 4 is 28.6 Å². The summed E-state index contributed by atoms with van der Waals surface area (Å²) in [5.41, 5.74) is -0.603. The highest BCUT2D eigenvalue weighted by atomic mass is 127. The molecule has 1 saturated heterocycles. The van der Waals surface area contributed by atoms with Crippen molar-refractivity contribution in [2.45, 2.75) is 62.8 Å². The fourth-order valence-corrected chi connectivity index (χ4v) is 3.38. The van der Waals surface area contributed by atoms with Gasteiger partial charge in [-0.2, -0.15) is 26.3 Å². The van der Waals surface area contributed by atoms with Crippen molar-refractivity contribution in [3.8, 4) is 0 Å². The molecule has 0 amide bonds. The van der Waals surface area contributed by atoms with Gasteiger partial charge in [0.2, 0.25) is 0 Å². The number of rotatable bonds is 2. The molecule has 2 rings (SSSR count). The summed E-state index contributed by atoms with van der Waals surface area (Å²) in [7, 11) is 0. The number of alkyl halides is 6. The molecule has 0 saturated carbocycles. The topological polar surface area (TPSA) is 65.0 Å². The van der Waals surface area contributed by atoms with Crippen LogP contribution in [0.2, 0.25) is 0 Å². The van der Waals surface area contributed by atoms with Crippen molar-refractivity contribution in [1.29, 1.82) is 0 Å². The van der Waals surface area contributed by atoms with Gasteiger partial charge in [0.15, 0.2) is 5.79 Å². The summed E-state index contributed by atoms with van der Waals surface area (Å²) in [4.78, 5) is 12.1. The third-order valence-electron chi connectivity index (χ3n) is 3.51. The molecule has 0 aromatic heterocycles. The number of aliphatic hydroxyl groups excluding tert-OH is 1. The summed E-state index contributed by atoms with van der Waals surface area (Å²) >= 11 is 1.47. The van der Waals surface area contributed by atoms with Gasteiger partial charge in [-0.05, 0) is 36.4 Å². The first-order valence-electron chi connectivity index (χ1n) is 6.91. The number of ether oxygens (including phenoxy) is 3. The molecule has 0 unspecified atom stereocenters. The first-order valence-corrected chi connectivity index (χ1v) is 7.99. The lowest BCUT2D eigenvalue weighted by Crippen LogP contribution is -2.47. The fourth-order valence-electron chi connectivity index (χ4n) is 2.59. The van der Waals surface area contributed by atoms with Crippen LogP contribution in [0.3, 0.4) is 0 Å². The number of carbonyl (C=O) groups excluding carboxylic acids is 1. The number of carbonyl (C=O) groups is 1. The van der Waals surface area contributed by atoms with Crippen molar-refractivity contribution < 1.29 is 50.5 Å². The molecule has 1 heterocycles. The molecule has 0 spiro atoms. The Balaban J connectivity index is 2.34. The molecule has 2 aliphatic rings. The highest BCUT2D eigenvalue weighted by Crippen LogP contribution is 2.43. The molecule has 1 N–H and O–H groups in total. The minimum absolute atomic E-state index is 0.0227. The Morgan fingerprint density at radius 2 is 1.76 bits per heavy atom. The van der Waals surface area contributed by atoms with Crippen LogP contribution in [0.25, 0.3) is 0 Å². The van der Waals surface area contributed by atoms with Crippen LogP contribution in [0.15, 0.2) is 9.15 Å². The summed E-state index contributed by atoms with van der Waals surface area (Å²) in [5, 5.41) is 9.91.